The molecule has 0 radical (unpaired) electrons. The fourth-order valence-electron chi connectivity index (χ4n) is 2.27. The highest BCUT2D eigenvalue weighted by Gasteiger charge is 2.38. The van der Waals surface area contributed by atoms with Gasteiger partial charge in [-0.3, -0.25) is 0 Å². The van der Waals surface area contributed by atoms with Crippen LogP contribution < -0.4 is 4.74 Å². The Balaban J connectivity index is 2.51. The molecule has 156 valence electrons. The summed E-state index contributed by atoms with van der Waals surface area (Å²) < 4.78 is 17.3. The van der Waals surface area contributed by atoms with Gasteiger partial charge in [0.05, 0.1) is 26.4 Å². The Bertz CT molecular complexity index is 648. The predicted octanol–water partition coefficient (Wildman–Crippen LogP) is 4.93. The summed E-state index contributed by atoms with van der Waals surface area (Å²) in [6.45, 7) is 12.2. The minimum absolute atomic E-state index is 0.0396. The van der Waals surface area contributed by atoms with E-state index in [4.69, 9.17) is 19.0 Å². The van der Waals surface area contributed by atoms with Crippen molar-refractivity contribution in [2.24, 2.45) is 0 Å². The molecular formula is C23H36O4Si. The van der Waals surface area contributed by atoms with E-state index < -0.39 is 8.32 Å². The van der Waals surface area contributed by atoms with Crippen LogP contribution in [0.15, 0.2) is 36.4 Å². The van der Waals surface area contributed by atoms with Gasteiger partial charge in [0.15, 0.2) is 8.32 Å². The van der Waals surface area contributed by atoms with E-state index in [-0.39, 0.29) is 17.7 Å². The molecule has 0 fully saturated rings. The summed E-state index contributed by atoms with van der Waals surface area (Å²) in [5.41, 5.74) is 1.09. The second-order valence-electron chi connectivity index (χ2n) is 8.29. The number of benzene rings is 1. The van der Waals surface area contributed by atoms with Crippen LogP contribution in [0.25, 0.3) is 0 Å². The van der Waals surface area contributed by atoms with E-state index in [1.54, 1.807) is 13.2 Å². The molecule has 0 saturated heterocycles. The van der Waals surface area contributed by atoms with Crippen molar-refractivity contribution in [2.75, 3.05) is 20.3 Å². The maximum Gasteiger partial charge on any atom is 0.192 e. The van der Waals surface area contributed by atoms with Gasteiger partial charge in [-0.15, -0.1) is 0 Å². The zero-order valence-electron chi connectivity index (χ0n) is 18.2. The number of hydrogen-bond donors (Lipinski definition) is 1. The first kappa shape index (κ1) is 24.5. The molecule has 0 aliphatic rings. The van der Waals surface area contributed by atoms with Gasteiger partial charge in [-0.1, -0.05) is 56.9 Å². The van der Waals surface area contributed by atoms with Crippen molar-refractivity contribution in [1.29, 1.82) is 0 Å². The maximum atomic E-state index is 8.97. The van der Waals surface area contributed by atoms with Crippen LogP contribution in [-0.2, 0) is 15.8 Å². The van der Waals surface area contributed by atoms with Gasteiger partial charge in [0, 0.05) is 6.42 Å². The Kier molecular flexibility index (Phi) is 10.6. The highest BCUT2D eigenvalue weighted by atomic mass is 28.4. The standard InChI is InChI=1S/C23H36O4Si/c1-23(2,3)28(5,6)27-22(11-7-9-17-24)12-8-10-18-26-19-20-13-15-21(25-4)16-14-20/h7,9,13-16,22,24H,11-12,17-19H2,1-6H3/b9-7+/t22-/m0/s1. The van der Waals surface area contributed by atoms with Crippen molar-refractivity contribution in [2.45, 2.75) is 64.5 Å². The van der Waals surface area contributed by atoms with Crippen LogP contribution in [0.2, 0.25) is 18.1 Å². The molecule has 0 aliphatic carbocycles. The highest BCUT2D eigenvalue weighted by molar-refractivity contribution is 6.74. The molecule has 1 aromatic carbocycles. The number of ether oxygens (including phenoxy) is 2. The molecule has 1 N–H and O–H groups in total. The molecular weight excluding hydrogens is 368 g/mol. The van der Waals surface area contributed by atoms with Crippen molar-refractivity contribution < 1.29 is 19.0 Å². The van der Waals surface area contributed by atoms with Crippen molar-refractivity contribution in [3.05, 3.63) is 42.0 Å². The molecule has 0 saturated carbocycles. The van der Waals surface area contributed by atoms with E-state index in [9.17, 15) is 0 Å². The number of hydrogen-bond acceptors (Lipinski definition) is 4. The molecule has 0 bridgehead atoms. The normalized spacial score (nSPS) is 13.2. The number of aliphatic hydroxyl groups excluding tert-OH is 1. The summed E-state index contributed by atoms with van der Waals surface area (Å²) >= 11 is 0. The first-order valence-corrected chi connectivity index (χ1v) is 12.7. The van der Waals surface area contributed by atoms with Gasteiger partial charge in [0.25, 0.3) is 0 Å². The lowest BCUT2D eigenvalue weighted by molar-refractivity contribution is 0.153. The van der Waals surface area contributed by atoms with Crippen LogP contribution in [0.3, 0.4) is 0 Å². The van der Waals surface area contributed by atoms with Crippen molar-refractivity contribution >= 4 is 8.32 Å². The molecule has 1 rings (SSSR count). The minimum atomic E-state index is -1.86. The molecule has 28 heavy (non-hydrogen) atoms. The van der Waals surface area contributed by atoms with Gasteiger partial charge in [-0.2, -0.15) is 0 Å². The lowest BCUT2D eigenvalue weighted by atomic mass is 10.2. The van der Waals surface area contributed by atoms with Gasteiger partial charge >= 0.3 is 0 Å². The zero-order chi connectivity index (χ0) is 21.0. The number of aliphatic hydroxyl groups is 1. The van der Waals surface area contributed by atoms with Crippen LogP contribution in [0.5, 0.6) is 5.75 Å². The summed E-state index contributed by atoms with van der Waals surface area (Å²) in [4.78, 5) is 0. The third-order valence-electron chi connectivity index (χ3n) is 5.00. The monoisotopic (exact) mass is 404 g/mol. The Morgan fingerprint density at radius 1 is 1.11 bits per heavy atom. The average Bonchev–Trinajstić information content (AvgIpc) is 2.63. The van der Waals surface area contributed by atoms with Crippen LogP contribution in [0.1, 0.15) is 39.2 Å². The Labute approximate surface area is 172 Å². The smallest absolute Gasteiger partial charge is 0.192 e. The predicted molar refractivity (Wildman–Crippen MR) is 118 cm³/mol. The van der Waals surface area contributed by atoms with Crippen LogP contribution in [0, 0.1) is 11.8 Å². The molecule has 1 atom stereocenters. The van der Waals surface area contributed by atoms with E-state index in [1.807, 2.05) is 30.3 Å². The third kappa shape index (κ3) is 9.07. The zero-order valence-corrected chi connectivity index (χ0v) is 19.2. The van der Waals surface area contributed by atoms with E-state index in [0.717, 1.165) is 17.7 Å². The van der Waals surface area contributed by atoms with Gasteiger partial charge in [0.2, 0.25) is 0 Å². The van der Waals surface area contributed by atoms with Crippen LogP contribution in [0.4, 0.5) is 0 Å². The van der Waals surface area contributed by atoms with Gasteiger partial charge in [-0.25, -0.2) is 0 Å². The second-order valence-corrected chi connectivity index (χ2v) is 13.0. The molecule has 0 aromatic heterocycles. The fourth-order valence-corrected chi connectivity index (χ4v) is 3.63. The lowest BCUT2D eigenvalue weighted by Crippen LogP contribution is -2.43. The van der Waals surface area contributed by atoms with Crippen LogP contribution >= 0.6 is 0 Å². The molecule has 0 aliphatic heterocycles. The van der Waals surface area contributed by atoms with Gasteiger partial charge in [-0.05, 0) is 42.2 Å². The molecule has 1 aromatic rings. The van der Waals surface area contributed by atoms with E-state index in [0.29, 0.717) is 19.6 Å². The van der Waals surface area contributed by atoms with Gasteiger partial charge < -0.3 is 19.0 Å². The van der Waals surface area contributed by atoms with Crippen molar-refractivity contribution in [1.82, 2.24) is 0 Å². The average molecular weight is 405 g/mol. The first-order chi connectivity index (χ1) is 13.2. The third-order valence-corrected chi connectivity index (χ3v) is 9.53. The molecule has 0 spiro atoms. The molecule has 0 amide bonds. The fraction of sp³-hybridized carbons (Fsp3) is 0.565. The number of rotatable bonds is 10. The van der Waals surface area contributed by atoms with E-state index >= 15 is 0 Å². The van der Waals surface area contributed by atoms with E-state index in [2.05, 4.69) is 45.7 Å². The van der Waals surface area contributed by atoms with E-state index in [1.165, 1.54) is 0 Å². The quantitative estimate of drug-likeness (QED) is 0.260. The first-order valence-electron chi connectivity index (χ1n) is 9.79. The van der Waals surface area contributed by atoms with Crippen LogP contribution in [-0.4, -0.2) is 39.9 Å². The summed E-state index contributed by atoms with van der Waals surface area (Å²) in [5, 5.41) is 9.12. The summed E-state index contributed by atoms with van der Waals surface area (Å²) in [5.74, 6) is 7.12. The number of methoxy groups -OCH3 is 1. The Morgan fingerprint density at radius 3 is 2.36 bits per heavy atom. The summed E-state index contributed by atoms with van der Waals surface area (Å²) in [6.07, 6.45) is 5.19. The topological polar surface area (TPSA) is 47.9 Å². The Hall–Kier alpha value is -1.58. The summed E-state index contributed by atoms with van der Waals surface area (Å²) in [7, 11) is -0.206. The molecule has 0 unspecified atom stereocenters. The second kappa shape index (κ2) is 12.1. The van der Waals surface area contributed by atoms with Crippen molar-refractivity contribution in [3.8, 4) is 17.6 Å². The highest BCUT2D eigenvalue weighted by Crippen LogP contribution is 2.38. The maximum absolute atomic E-state index is 8.97. The summed E-state index contributed by atoms with van der Waals surface area (Å²) in [6, 6.07) is 7.83. The lowest BCUT2D eigenvalue weighted by Gasteiger charge is -2.38. The molecule has 5 heteroatoms. The minimum Gasteiger partial charge on any atom is -0.497 e. The SMILES string of the molecule is COc1ccc(COCC#CC[C@H](C/C=C/CO)O[Si](C)(C)C(C)(C)C)cc1. The molecule has 4 nitrogen and oxygen atoms in total. The Morgan fingerprint density at radius 2 is 1.79 bits per heavy atom. The largest absolute Gasteiger partial charge is 0.497 e. The van der Waals surface area contributed by atoms with Gasteiger partial charge in [0.1, 0.15) is 12.4 Å². The van der Waals surface area contributed by atoms with Crippen molar-refractivity contribution in [3.63, 3.8) is 0 Å². The molecule has 0 heterocycles.